The van der Waals surface area contributed by atoms with Gasteiger partial charge in [-0.25, -0.2) is 0 Å². The monoisotopic (exact) mass is 366 g/mol. The molecule has 0 saturated carbocycles. The van der Waals surface area contributed by atoms with Gasteiger partial charge in [-0.05, 0) is 22.4 Å². The predicted octanol–water partition coefficient (Wildman–Crippen LogP) is 3.89. The number of nitro groups is 1. The molecule has 0 fully saturated rings. The maximum Gasteiger partial charge on any atom is 0.398 e. The van der Waals surface area contributed by atoms with Gasteiger partial charge in [0.05, 0.1) is 17.4 Å². The highest BCUT2D eigenvalue weighted by Crippen LogP contribution is 2.42. The number of ketones is 1. The first-order valence-electron chi connectivity index (χ1n) is 7.37. The summed E-state index contributed by atoms with van der Waals surface area (Å²) < 4.78 is 46.1. The molecule has 0 N–H and O–H groups in total. The Bertz CT molecular complexity index is 890. The van der Waals surface area contributed by atoms with E-state index in [0.717, 1.165) is 19.2 Å². The van der Waals surface area contributed by atoms with Crippen LogP contribution >= 0.6 is 0 Å². The van der Waals surface area contributed by atoms with Crippen LogP contribution in [0.25, 0.3) is 10.8 Å². The van der Waals surface area contributed by atoms with E-state index < -0.39 is 35.3 Å². The van der Waals surface area contributed by atoms with E-state index in [9.17, 15) is 28.1 Å². The molecule has 2 aromatic carbocycles. The molecule has 0 saturated heterocycles. The van der Waals surface area contributed by atoms with Crippen molar-refractivity contribution in [3.05, 3.63) is 52.1 Å². The molecule has 0 aliphatic carbocycles. The Hall–Kier alpha value is -2.99. The summed E-state index contributed by atoms with van der Waals surface area (Å²) in [6, 6.07) is 8.95. The molecule has 2 unspecified atom stereocenters. The molecule has 0 aliphatic rings. The van der Waals surface area contributed by atoms with Gasteiger partial charge in [-0.2, -0.15) is 18.4 Å². The highest BCUT2D eigenvalue weighted by atomic mass is 19.4. The van der Waals surface area contributed by atoms with Gasteiger partial charge in [0.2, 0.25) is 0 Å². The number of Topliss-reactive ketones (excluding diaryl/α,β-unsaturated/α-hetero) is 1. The summed E-state index contributed by atoms with van der Waals surface area (Å²) in [7, 11) is 0.967. The van der Waals surface area contributed by atoms with E-state index in [1.54, 1.807) is 0 Å². The number of hydrogen-bond donors (Lipinski definition) is 0. The Labute approximate surface area is 145 Å². The fourth-order valence-electron chi connectivity index (χ4n) is 2.82. The third-order valence-electron chi connectivity index (χ3n) is 3.92. The number of non-ortho nitro benzene ring substituents is 1. The van der Waals surface area contributed by atoms with Gasteiger partial charge in [0.15, 0.2) is 5.78 Å². The Balaban J connectivity index is 2.67. The minimum Gasteiger partial charge on any atom is -0.373 e. The number of nitriles is 1. The van der Waals surface area contributed by atoms with E-state index >= 15 is 0 Å². The number of benzene rings is 2. The number of rotatable bonds is 6. The standard InChI is InChI=1S/C17H13F3N2O4/c1-26-16(14(23)7-8-21)15(17(18,19)20)13-4-2-3-10-9-11(22(24)25)5-6-12(10)13/h2-6,9,15-16H,7H2,1H3. The SMILES string of the molecule is COC(C(=O)CC#N)C(c1cccc2cc([N+](=O)[O-])ccc12)C(F)(F)F. The van der Waals surface area contributed by atoms with Crippen molar-refractivity contribution in [2.75, 3.05) is 7.11 Å². The van der Waals surface area contributed by atoms with Gasteiger partial charge >= 0.3 is 6.18 Å². The highest BCUT2D eigenvalue weighted by Gasteiger charge is 2.49. The lowest BCUT2D eigenvalue weighted by Gasteiger charge is -2.28. The number of methoxy groups -OCH3 is 1. The molecule has 2 rings (SSSR count). The quantitative estimate of drug-likeness (QED) is 0.571. The number of halogens is 3. The lowest BCUT2D eigenvalue weighted by molar-refractivity contribution is -0.384. The maximum atomic E-state index is 13.8. The molecule has 26 heavy (non-hydrogen) atoms. The van der Waals surface area contributed by atoms with E-state index in [1.807, 2.05) is 0 Å². The van der Waals surface area contributed by atoms with Crippen LogP contribution in [0.15, 0.2) is 36.4 Å². The number of alkyl halides is 3. The average molecular weight is 366 g/mol. The van der Waals surface area contributed by atoms with Crippen molar-refractivity contribution in [1.82, 2.24) is 0 Å². The largest absolute Gasteiger partial charge is 0.398 e. The molecular weight excluding hydrogens is 353 g/mol. The van der Waals surface area contributed by atoms with Crippen LogP contribution in [0.3, 0.4) is 0 Å². The molecule has 0 aliphatic heterocycles. The smallest absolute Gasteiger partial charge is 0.373 e. The van der Waals surface area contributed by atoms with Crippen molar-refractivity contribution in [2.24, 2.45) is 0 Å². The fourth-order valence-corrected chi connectivity index (χ4v) is 2.82. The summed E-state index contributed by atoms with van der Waals surface area (Å²) in [5, 5.41) is 19.8. The summed E-state index contributed by atoms with van der Waals surface area (Å²) in [4.78, 5) is 22.2. The van der Waals surface area contributed by atoms with Crippen LogP contribution in [0.2, 0.25) is 0 Å². The highest BCUT2D eigenvalue weighted by molar-refractivity contribution is 5.91. The Morgan fingerprint density at radius 2 is 2.04 bits per heavy atom. The van der Waals surface area contributed by atoms with Crippen LogP contribution in [-0.4, -0.2) is 30.1 Å². The topological polar surface area (TPSA) is 93.2 Å². The van der Waals surface area contributed by atoms with Crippen LogP contribution in [0.5, 0.6) is 0 Å². The molecule has 0 aromatic heterocycles. The number of carbonyl (C=O) groups is 1. The molecule has 0 bridgehead atoms. The van der Waals surface area contributed by atoms with E-state index in [1.165, 1.54) is 30.3 Å². The van der Waals surface area contributed by atoms with Gasteiger partial charge in [0, 0.05) is 19.2 Å². The summed E-state index contributed by atoms with van der Waals surface area (Å²) in [5.41, 5.74) is -0.509. The molecule has 0 spiro atoms. The second kappa shape index (κ2) is 7.49. The van der Waals surface area contributed by atoms with E-state index in [2.05, 4.69) is 0 Å². The summed E-state index contributed by atoms with van der Waals surface area (Å²) in [5.74, 6) is -3.30. The maximum absolute atomic E-state index is 13.8. The number of fused-ring (bicyclic) bond motifs is 1. The molecule has 136 valence electrons. The van der Waals surface area contributed by atoms with Gasteiger partial charge in [0.25, 0.3) is 5.69 Å². The number of nitro benzene ring substituents is 1. The van der Waals surface area contributed by atoms with Crippen molar-refractivity contribution in [3.63, 3.8) is 0 Å². The normalized spacial score (nSPS) is 13.8. The summed E-state index contributed by atoms with van der Waals surface area (Å²) in [6.45, 7) is 0. The van der Waals surface area contributed by atoms with Crippen molar-refractivity contribution < 1.29 is 27.6 Å². The van der Waals surface area contributed by atoms with E-state index in [4.69, 9.17) is 10.00 Å². The number of ether oxygens (including phenoxy) is 1. The average Bonchev–Trinajstić information content (AvgIpc) is 2.57. The third-order valence-corrected chi connectivity index (χ3v) is 3.92. The zero-order chi connectivity index (χ0) is 19.5. The van der Waals surface area contributed by atoms with Gasteiger partial charge in [-0.3, -0.25) is 14.9 Å². The summed E-state index contributed by atoms with van der Waals surface area (Å²) in [6.07, 6.45) is -7.45. The van der Waals surface area contributed by atoms with Crippen LogP contribution < -0.4 is 0 Å². The van der Waals surface area contributed by atoms with Gasteiger partial charge < -0.3 is 4.74 Å². The summed E-state index contributed by atoms with van der Waals surface area (Å²) >= 11 is 0. The lowest BCUT2D eigenvalue weighted by atomic mass is 9.86. The predicted molar refractivity (Wildman–Crippen MR) is 85.4 cm³/mol. The molecule has 0 radical (unpaired) electrons. The zero-order valence-corrected chi connectivity index (χ0v) is 13.5. The van der Waals surface area contributed by atoms with Crippen LogP contribution in [0.4, 0.5) is 18.9 Å². The first-order chi connectivity index (χ1) is 12.2. The Morgan fingerprint density at radius 3 is 2.58 bits per heavy atom. The molecule has 0 heterocycles. The van der Waals surface area contributed by atoms with Gasteiger partial charge in [0.1, 0.15) is 12.0 Å². The van der Waals surface area contributed by atoms with Gasteiger partial charge in [-0.1, -0.05) is 18.2 Å². The van der Waals surface area contributed by atoms with Crippen LogP contribution in [0, 0.1) is 21.4 Å². The van der Waals surface area contributed by atoms with Crippen molar-refractivity contribution in [2.45, 2.75) is 24.6 Å². The molecule has 2 atom stereocenters. The second-order valence-corrected chi connectivity index (χ2v) is 5.49. The third kappa shape index (κ3) is 3.81. The van der Waals surface area contributed by atoms with Crippen molar-refractivity contribution in [1.29, 1.82) is 5.26 Å². The number of hydrogen-bond acceptors (Lipinski definition) is 5. The zero-order valence-electron chi connectivity index (χ0n) is 13.5. The molecule has 0 amide bonds. The lowest BCUT2D eigenvalue weighted by Crippen LogP contribution is -2.38. The van der Waals surface area contributed by atoms with E-state index in [0.29, 0.717) is 0 Å². The first-order valence-corrected chi connectivity index (χ1v) is 7.37. The first kappa shape index (κ1) is 19.3. The van der Waals surface area contributed by atoms with Crippen molar-refractivity contribution in [3.8, 4) is 6.07 Å². The molecule has 2 aromatic rings. The fraction of sp³-hybridized carbons (Fsp3) is 0.294. The molecule has 9 heteroatoms. The number of carbonyl (C=O) groups excluding carboxylic acids is 1. The van der Waals surface area contributed by atoms with Crippen LogP contribution in [0.1, 0.15) is 17.9 Å². The molecular formula is C17H13F3N2O4. The minimum absolute atomic E-state index is 0.118. The van der Waals surface area contributed by atoms with Gasteiger partial charge in [-0.15, -0.1) is 0 Å². The van der Waals surface area contributed by atoms with Crippen molar-refractivity contribution >= 4 is 22.2 Å². The Morgan fingerprint density at radius 1 is 1.35 bits per heavy atom. The minimum atomic E-state index is -4.83. The van der Waals surface area contributed by atoms with Crippen LogP contribution in [-0.2, 0) is 9.53 Å². The Kier molecular flexibility index (Phi) is 5.57. The van der Waals surface area contributed by atoms with E-state index in [-0.39, 0.29) is 22.0 Å². The second-order valence-electron chi connectivity index (χ2n) is 5.49. The number of nitrogens with zero attached hydrogens (tertiary/aromatic N) is 2. The molecule has 6 nitrogen and oxygen atoms in total.